The fourth-order valence-corrected chi connectivity index (χ4v) is 2.41. The average Bonchev–Trinajstić information content (AvgIpc) is 3.00. The van der Waals surface area contributed by atoms with E-state index in [0.29, 0.717) is 0 Å². The second-order valence-electron chi connectivity index (χ2n) is 4.78. The lowest BCUT2D eigenvalue weighted by molar-refractivity contribution is -0.0472. The highest BCUT2D eigenvalue weighted by Crippen LogP contribution is 2.41. The predicted octanol–water partition coefficient (Wildman–Crippen LogP) is -0.677. The van der Waals surface area contributed by atoms with Gasteiger partial charge in [-0.3, -0.25) is 14.3 Å². The number of hydrogen-bond donors (Lipinski definition) is 3. The minimum Gasteiger partial charge on any atom is -0.394 e. The lowest BCUT2D eigenvalue weighted by Gasteiger charge is -2.21. The van der Waals surface area contributed by atoms with Crippen LogP contribution in [0.3, 0.4) is 0 Å². The molecule has 2 aromatic heterocycles. The van der Waals surface area contributed by atoms with Crippen LogP contribution < -0.4 is 11.3 Å². The van der Waals surface area contributed by atoms with E-state index < -0.39 is 23.6 Å². The van der Waals surface area contributed by atoms with E-state index in [9.17, 15) is 9.18 Å². The number of imidazole rings is 1. The van der Waals surface area contributed by atoms with Gasteiger partial charge >= 0.3 is 0 Å². The summed E-state index contributed by atoms with van der Waals surface area (Å²) >= 11 is 0. The minimum absolute atomic E-state index is 0.000352. The van der Waals surface area contributed by atoms with Gasteiger partial charge in [-0.2, -0.15) is 4.98 Å². The average molecular weight is 293 g/mol. The Labute approximate surface area is 117 Å². The zero-order valence-electron chi connectivity index (χ0n) is 10.8. The largest absolute Gasteiger partial charge is 0.394 e. The zero-order valence-corrected chi connectivity index (χ0v) is 10.8. The molecule has 3 rings (SSSR count). The van der Waals surface area contributed by atoms with E-state index in [0.717, 1.165) is 0 Å². The molecule has 9 heteroatoms. The van der Waals surface area contributed by atoms with Gasteiger partial charge in [-0.25, -0.2) is 9.37 Å². The summed E-state index contributed by atoms with van der Waals surface area (Å²) in [6, 6.07) is 0. The molecule has 0 aromatic carbocycles. The molecular weight excluding hydrogens is 281 g/mol. The van der Waals surface area contributed by atoms with Gasteiger partial charge in [0.15, 0.2) is 17.4 Å². The van der Waals surface area contributed by atoms with Crippen LogP contribution in [0.1, 0.15) is 12.6 Å². The van der Waals surface area contributed by atoms with Crippen molar-refractivity contribution in [1.82, 2.24) is 19.5 Å². The van der Waals surface area contributed by atoms with Crippen LogP contribution in [0.15, 0.2) is 11.1 Å². The van der Waals surface area contributed by atoms with Crippen molar-refractivity contribution in [1.29, 1.82) is 0 Å². The van der Waals surface area contributed by atoms with Crippen molar-refractivity contribution < 1.29 is 14.2 Å². The van der Waals surface area contributed by atoms with Crippen molar-refractivity contribution >= 4 is 17.1 Å². The number of halogens is 1. The van der Waals surface area contributed by atoms with Gasteiger partial charge in [0, 0.05) is 6.42 Å². The first-order chi connectivity index (χ1) is 9.98. The number of alkyl halides is 1. The summed E-state index contributed by atoms with van der Waals surface area (Å²) in [5.74, 6) is 1.91. The number of fused-ring (bicyclic) bond motifs is 1. The van der Waals surface area contributed by atoms with Crippen LogP contribution in [0.5, 0.6) is 0 Å². The molecule has 110 valence electrons. The Morgan fingerprint density at radius 1 is 1.76 bits per heavy atom. The molecule has 1 aliphatic rings. The van der Waals surface area contributed by atoms with Crippen LogP contribution in [0.2, 0.25) is 0 Å². The van der Waals surface area contributed by atoms with Gasteiger partial charge in [0.05, 0.1) is 19.0 Å². The van der Waals surface area contributed by atoms with Gasteiger partial charge in [-0.15, -0.1) is 6.42 Å². The van der Waals surface area contributed by atoms with Crippen molar-refractivity contribution in [2.24, 2.45) is 0 Å². The number of rotatable bonds is 2. The van der Waals surface area contributed by atoms with Gasteiger partial charge in [-0.05, 0) is 0 Å². The summed E-state index contributed by atoms with van der Waals surface area (Å²) in [7, 11) is 0. The standard InChI is InChI=1S/C12H12FN5O3/c1-2-12(13)3-6(4-19)21-10(12)18-5-15-7-8(18)16-11(14)17-9(7)20/h1,5-6,10,19H,3-4H2,(H3,14,16,17,20)/t6-,10+,12+/m0/s1. The highest BCUT2D eigenvalue weighted by atomic mass is 19.1. The van der Waals surface area contributed by atoms with Crippen LogP contribution >= 0.6 is 0 Å². The number of terminal acetylenes is 1. The first kappa shape index (κ1) is 13.5. The summed E-state index contributed by atoms with van der Waals surface area (Å²) < 4.78 is 21.4. The molecule has 4 N–H and O–H groups in total. The maximum Gasteiger partial charge on any atom is 0.280 e. The monoisotopic (exact) mass is 293 g/mol. The molecule has 0 bridgehead atoms. The number of nitrogens with zero attached hydrogens (tertiary/aromatic N) is 3. The van der Waals surface area contributed by atoms with Crippen LogP contribution in [-0.2, 0) is 4.74 Å². The van der Waals surface area contributed by atoms with Gasteiger partial charge < -0.3 is 15.6 Å². The van der Waals surface area contributed by atoms with E-state index in [1.807, 2.05) is 5.92 Å². The lowest BCUT2D eigenvalue weighted by atomic mass is 10.0. The van der Waals surface area contributed by atoms with E-state index in [-0.39, 0.29) is 30.1 Å². The third-order valence-corrected chi connectivity index (χ3v) is 3.38. The summed E-state index contributed by atoms with van der Waals surface area (Å²) in [5, 5.41) is 9.13. The van der Waals surface area contributed by atoms with E-state index in [1.54, 1.807) is 0 Å². The van der Waals surface area contributed by atoms with E-state index in [4.69, 9.17) is 22.0 Å². The molecule has 0 spiro atoms. The number of nitrogens with one attached hydrogen (secondary N) is 1. The highest BCUT2D eigenvalue weighted by Gasteiger charge is 2.50. The molecule has 0 aliphatic carbocycles. The van der Waals surface area contributed by atoms with Gasteiger partial charge in [0.2, 0.25) is 11.6 Å². The van der Waals surface area contributed by atoms with Crippen molar-refractivity contribution in [3.8, 4) is 12.3 Å². The maximum atomic E-state index is 14.8. The molecule has 8 nitrogen and oxygen atoms in total. The number of nitrogens with two attached hydrogens (primary N) is 1. The molecule has 21 heavy (non-hydrogen) atoms. The maximum absolute atomic E-state index is 14.8. The molecule has 0 saturated carbocycles. The molecule has 3 atom stereocenters. The SMILES string of the molecule is C#C[C@@]1(F)C[C@@H](CO)O[C@H]1n1cnc2c(=O)[nH]c(N)nc21. The Hall–Kier alpha value is -2.44. The number of aliphatic hydroxyl groups is 1. The number of aliphatic hydroxyl groups excluding tert-OH is 1. The first-order valence-electron chi connectivity index (χ1n) is 6.14. The van der Waals surface area contributed by atoms with Gasteiger partial charge in [-0.1, -0.05) is 5.92 Å². The number of anilines is 1. The third kappa shape index (κ3) is 1.96. The summed E-state index contributed by atoms with van der Waals surface area (Å²) in [6.45, 7) is -0.368. The van der Waals surface area contributed by atoms with Gasteiger partial charge in [0.1, 0.15) is 0 Å². The fourth-order valence-electron chi connectivity index (χ4n) is 2.41. The van der Waals surface area contributed by atoms with E-state index in [2.05, 4.69) is 15.0 Å². The number of ether oxygens (including phenoxy) is 1. The molecule has 0 radical (unpaired) electrons. The fraction of sp³-hybridized carbons (Fsp3) is 0.417. The van der Waals surface area contributed by atoms with E-state index >= 15 is 0 Å². The Morgan fingerprint density at radius 2 is 2.52 bits per heavy atom. The number of nitrogen functional groups attached to an aromatic ring is 1. The predicted molar refractivity (Wildman–Crippen MR) is 70.8 cm³/mol. The van der Waals surface area contributed by atoms with Crippen molar-refractivity contribution in [3.63, 3.8) is 0 Å². The second kappa shape index (κ2) is 4.54. The van der Waals surface area contributed by atoms with E-state index in [1.165, 1.54) is 10.9 Å². The van der Waals surface area contributed by atoms with Crippen LogP contribution in [0.4, 0.5) is 10.3 Å². The topological polar surface area (TPSA) is 119 Å². The third-order valence-electron chi connectivity index (χ3n) is 3.38. The molecular formula is C12H12FN5O3. The van der Waals surface area contributed by atoms with Crippen molar-refractivity contribution in [3.05, 3.63) is 16.7 Å². The Kier molecular flexibility index (Phi) is 2.93. The van der Waals surface area contributed by atoms with Crippen LogP contribution in [0, 0.1) is 12.3 Å². The minimum atomic E-state index is -2.14. The molecule has 1 saturated heterocycles. The molecule has 3 heterocycles. The molecule has 1 aliphatic heterocycles. The summed E-state index contributed by atoms with van der Waals surface area (Å²) in [6.07, 6.45) is 4.32. The summed E-state index contributed by atoms with van der Waals surface area (Å²) in [4.78, 5) is 21.8. The molecule has 1 fully saturated rings. The number of aromatic amines is 1. The lowest BCUT2D eigenvalue weighted by Crippen LogP contribution is -2.29. The quantitative estimate of drug-likeness (QED) is 0.631. The normalized spacial score (nSPS) is 28.8. The Bertz CT molecular complexity index is 794. The van der Waals surface area contributed by atoms with Crippen molar-refractivity contribution in [2.75, 3.05) is 12.3 Å². The second-order valence-corrected chi connectivity index (χ2v) is 4.78. The van der Waals surface area contributed by atoms with Crippen LogP contribution in [0.25, 0.3) is 11.2 Å². The zero-order chi connectivity index (χ0) is 15.2. The summed E-state index contributed by atoms with van der Waals surface area (Å²) in [5.41, 5.74) is 2.87. The van der Waals surface area contributed by atoms with Crippen LogP contribution in [-0.4, -0.2) is 43.0 Å². The molecule has 0 unspecified atom stereocenters. The Balaban J connectivity index is 2.16. The van der Waals surface area contributed by atoms with Crippen molar-refractivity contribution in [2.45, 2.75) is 24.4 Å². The number of H-pyrrole nitrogens is 1. The first-order valence-corrected chi connectivity index (χ1v) is 6.14. The molecule has 2 aromatic rings. The number of hydrogen-bond acceptors (Lipinski definition) is 6. The molecule has 0 amide bonds. The highest BCUT2D eigenvalue weighted by molar-refractivity contribution is 5.70. The number of aromatic nitrogens is 4. The Morgan fingerprint density at radius 3 is 3.19 bits per heavy atom. The van der Waals surface area contributed by atoms with Gasteiger partial charge in [0.25, 0.3) is 5.56 Å². The smallest absolute Gasteiger partial charge is 0.280 e.